The molecule has 1 rings (SSSR count). The molecule has 0 aliphatic heterocycles. The number of Topliss-reactive ketones (excluding diaryl/α,β-unsaturated/α-hetero) is 1. The van der Waals surface area contributed by atoms with Gasteiger partial charge in [-0.1, -0.05) is 13.8 Å². The lowest BCUT2D eigenvalue weighted by Gasteiger charge is -2.11. The van der Waals surface area contributed by atoms with Crippen molar-refractivity contribution in [2.24, 2.45) is 18.7 Å². The maximum Gasteiger partial charge on any atom is 0.199 e. The second-order valence-corrected chi connectivity index (χ2v) is 3.56. The van der Waals surface area contributed by atoms with Crippen molar-refractivity contribution in [3.8, 4) is 0 Å². The average molecular weight is 181 g/mol. The third kappa shape index (κ3) is 2.15. The third-order valence-electron chi connectivity index (χ3n) is 1.98. The molecule has 0 aromatic carbocycles. The molecule has 1 atom stereocenters. The van der Waals surface area contributed by atoms with Gasteiger partial charge in [0.15, 0.2) is 5.78 Å². The van der Waals surface area contributed by atoms with E-state index in [9.17, 15) is 4.79 Å². The summed E-state index contributed by atoms with van der Waals surface area (Å²) in [6, 6.07) is -0.449. The molecule has 0 aliphatic rings. The maximum atomic E-state index is 11.6. The highest BCUT2D eigenvalue weighted by Gasteiger charge is 2.20. The van der Waals surface area contributed by atoms with Crippen LogP contribution in [0.5, 0.6) is 0 Å². The van der Waals surface area contributed by atoms with Crippen LogP contribution in [0.25, 0.3) is 0 Å². The summed E-state index contributed by atoms with van der Waals surface area (Å²) in [7, 11) is 1.82. The lowest BCUT2D eigenvalue weighted by Crippen LogP contribution is -2.35. The average Bonchev–Trinajstić information content (AvgIpc) is 2.49. The number of carbonyl (C=O) groups is 1. The van der Waals surface area contributed by atoms with E-state index in [-0.39, 0.29) is 11.7 Å². The third-order valence-corrected chi connectivity index (χ3v) is 1.98. The molecule has 0 spiro atoms. The summed E-state index contributed by atoms with van der Waals surface area (Å²) < 4.78 is 1.74. The largest absolute Gasteiger partial charge is 0.340 e. The summed E-state index contributed by atoms with van der Waals surface area (Å²) in [5.41, 5.74) is 6.15. The van der Waals surface area contributed by atoms with Gasteiger partial charge in [-0.05, 0) is 5.92 Å². The molecule has 72 valence electrons. The van der Waals surface area contributed by atoms with Crippen LogP contribution in [-0.4, -0.2) is 21.4 Å². The topological polar surface area (TPSA) is 60.9 Å². The van der Waals surface area contributed by atoms with Crippen LogP contribution in [0.2, 0.25) is 0 Å². The van der Waals surface area contributed by atoms with Crippen LogP contribution in [0.15, 0.2) is 12.5 Å². The Morgan fingerprint density at radius 2 is 2.23 bits per heavy atom. The number of imidazole rings is 1. The Hall–Kier alpha value is -1.16. The minimum absolute atomic E-state index is 0.0874. The Morgan fingerprint density at radius 3 is 2.62 bits per heavy atom. The van der Waals surface area contributed by atoms with E-state index in [0.29, 0.717) is 5.69 Å². The summed E-state index contributed by atoms with van der Waals surface area (Å²) in [5, 5.41) is 0. The molecule has 0 aliphatic carbocycles. The number of hydrogen-bond donors (Lipinski definition) is 1. The first kappa shape index (κ1) is 9.92. The van der Waals surface area contributed by atoms with Gasteiger partial charge in [-0.15, -0.1) is 0 Å². The van der Waals surface area contributed by atoms with Crippen molar-refractivity contribution in [3.63, 3.8) is 0 Å². The van der Waals surface area contributed by atoms with E-state index in [1.54, 1.807) is 17.1 Å². The van der Waals surface area contributed by atoms with Gasteiger partial charge in [0.1, 0.15) is 5.69 Å². The van der Waals surface area contributed by atoms with Gasteiger partial charge in [-0.25, -0.2) is 4.98 Å². The Balaban J connectivity index is 2.79. The standard InChI is InChI=1S/C9H15N3O/c1-6(2)8(10)9(13)7-4-12(3)5-11-7/h4-6,8H,10H2,1-3H3. The normalized spacial score (nSPS) is 13.3. The summed E-state index contributed by atoms with van der Waals surface area (Å²) in [4.78, 5) is 15.6. The van der Waals surface area contributed by atoms with E-state index in [0.717, 1.165) is 0 Å². The van der Waals surface area contributed by atoms with E-state index in [1.165, 1.54) is 0 Å². The van der Waals surface area contributed by atoms with Crippen LogP contribution in [0.4, 0.5) is 0 Å². The summed E-state index contributed by atoms with van der Waals surface area (Å²) in [6.45, 7) is 3.84. The minimum atomic E-state index is -0.449. The monoisotopic (exact) mass is 181 g/mol. The number of rotatable bonds is 3. The molecule has 0 amide bonds. The fourth-order valence-electron chi connectivity index (χ4n) is 1.01. The van der Waals surface area contributed by atoms with E-state index in [1.807, 2.05) is 20.9 Å². The fourth-order valence-corrected chi connectivity index (χ4v) is 1.01. The molecule has 1 aromatic rings. The molecule has 4 heteroatoms. The summed E-state index contributed by atoms with van der Waals surface area (Å²) in [5.74, 6) is 0.0603. The summed E-state index contributed by atoms with van der Waals surface area (Å²) >= 11 is 0. The van der Waals surface area contributed by atoms with Crippen LogP contribution in [0.1, 0.15) is 24.3 Å². The molecule has 1 aromatic heterocycles. The van der Waals surface area contributed by atoms with E-state index < -0.39 is 6.04 Å². The number of aryl methyl sites for hydroxylation is 1. The van der Waals surface area contributed by atoms with Crippen LogP contribution in [0.3, 0.4) is 0 Å². The zero-order chi connectivity index (χ0) is 10.0. The van der Waals surface area contributed by atoms with Crippen molar-refractivity contribution in [3.05, 3.63) is 18.2 Å². The Kier molecular flexibility index (Phi) is 2.83. The first-order chi connectivity index (χ1) is 6.02. The van der Waals surface area contributed by atoms with Crippen LogP contribution in [-0.2, 0) is 7.05 Å². The van der Waals surface area contributed by atoms with Crippen LogP contribution >= 0.6 is 0 Å². The molecule has 1 heterocycles. The Labute approximate surface area is 77.8 Å². The number of hydrogen-bond acceptors (Lipinski definition) is 3. The number of carbonyl (C=O) groups excluding carboxylic acids is 1. The molecule has 0 saturated heterocycles. The van der Waals surface area contributed by atoms with Crippen molar-refractivity contribution in [2.45, 2.75) is 19.9 Å². The Morgan fingerprint density at radius 1 is 1.62 bits per heavy atom. The molecule has 1 unspecified atom stereocenters. The lowest BCUT2D eigenvalue weighted by molar-refractivity contribution is 0.0936. The lowest BCUT2D eigenvalue weighted by atomic mass is 9.99. The molecular weight excluding hydrogens is 166 g/mol. The highest BCUT2D eigenvalue weighted by Crippen LogP contribution is 2.06. The van der Waals surface area contributed by atoms with Gasteiger partial charge in [0.2, 0.25) is 0 Å². The molecule has 13 heavy (non-hydrogen) atoms. The highest BCUT2D eigenvalue weighted by molar-refractivity contribution is 5.98. The Bertz CT molecular complexity index is 304. The van der Waals surface area contributed by atoms with Gasteiger partial charge < -0.3 is 10.3 Å². The van der Waals surface area contributed by atoms with Crippen LogP contribution in [0, 0.1) is 5.92 Å². The van der Waals surface area contributed by atoms with Crippen molar-refractivity contribution >= 4 is 5.78 Å². The number of aromatic nitrogens is 2. The van der Waals surface area contributed by atoms with Gasteiger partial charge in [-0.3, -0.25) is 4.79 Å². The highest BCUT2D eigenvalue weighted by atomic mass is 16.1. The molecule has 0 fully saturated rings. The molecule has 0 bridgehead atoms. The smallest absolute Gasteiger partial charge is 0.199 e. The van der Waals surface area contributed by atoms with Crippen molar-refractivity contribution in [1.82, 2.24) is 9.55 Å². The predicted molar refractivity (Wildman–Crippen MR) is 50.4 cm³/mol. The quantitative estimate of drug-likeness (QED) is 0.694. The number of nitrogens with zero attached hydrogens (tertiary/aromatic N) is 2. The molecule has 4 nitrogen and oxygen atoms in total. The second kappa shape index (κ2) is 3.70. The zero-order valence-electron chi connectivity index (χ0n) is 8.19. The van der Waals surface area contributed by atoms with Gasteiger partial charge in [-0.2, -0.15) is 0 Å². The molecule has 0 saturated carbocycles. The molecule has 2 N–H and O–H groups in total. The zero-order valence-corrected chi connectivity index (χ0v) is 8.19. The fraction of sp³-hybridized carbons (Fsp3) is 0.556. The van der Waals surface area contributed by atoms with E-state index in [2.05, 4.69) is 4.98 Å². The number of ketones is 1. The van der Waals surface area contributed by atoms with E-state index >= 15 is 0 Å². The van der Waals surface area contributed by atoms with Gasteiger partial charge >= 0.3 is 0 Å². The van der Waals surface area contributed by atoms with Gasteiger partial charge in [0.05, 0.1) is 12.4 Å². The molecule has 0 radical (unpaired) electrons. The number of nitrogens with two attached hydrogens (primary N) is 1. The van der Waals surface area contributed by atoms with Crippen molar-refractivity contribution in [2.75, 3.05) is 0 Å². The van der Waals surface area contributed by atoms with Crippen molar-refractivity contribution in [1.29, 1.82) is 0 Å². The van der Waals surface area contributed by atoms with Crippen LogP contribution < -0.4 is 5.73 Å². The molecular formula is C9H15N3O. The first-order valence-corrected chi connectivity index (χ1v) is 4.30. The predicted octanol–water partition coefficient (Wildman–Crippen LogP) is 0.586. The van der Waals surface area contributed by atoms with Gasteiger partial charge in [0, 0.05) is 13.2 Å². The van der Waals surface area contributed by atoms with Crippen molar-refractivity contribution < 1.29 is 4.79 Å². The minimum Gasteiger partial charge on any atom is -0.340 e. The van der Waals surface area contributed by atoms with E-state index in [4.69, 9.17) is 5.73 Å². The maximum absolute atomic E-state index is 11.6. The SMILES string of the molecule is CC(C)C(N)C(=O)c1cn(C)cn1. The first-order valence-electron chi connectivity index (χ1n) is 4.30. The second-order valence-electron chi connectivity index (χ2n) is 3.56. The van der Waals surface area contributed by atoms with Gasteiger partial charge in [0.25, 0.3) is 0 Å². The summed E-state index contributed by atoms with van der Waals surface area (Å²) in [6.07, 6.45) is 3.28.